The predicted octanol–water partition coefficient (Wildman–Crippen LogP) is 2.21. The molecule has 0 aromatic carbocycles. The first kappa shape index (κ1) is 11.8. The Morgan fingerprint density at radius 2 is 2.19 bits per heavy atom. The highest BCUT2D eigenvalue weighted by Crippen LogP contribution is 2.29. The van der Waals surface area contributed by atoms with Crippen LogP contribution in [0.25, 0.3) is 0 Å². The number of nitrogens with zero attached hydrogens (tertiary/aromatic N) is 2. The molecule has 1 aromatic rings. The summed E-state index contributed by atoms with van der Waals surface area (Å²) >= 11 is 1.55. The van der Waals surface area contributed by atoms with E-state index in [1.54, 1.807) is 11.3 Å². The first-order valence-corrected chi connectivity index (χ1v) is 6.75. The molecule has 0 bridgehead atoms. The molecule has 2 atom stereocenters. The molecule has 1 N–H and O–H groups in total. The van der Waals surface area contributed by atoms with Crippen LogP contribution >= 0.6 is 11.3 Å². The Hall–Kier alpha value is -0.680. The summed E-state index contributed by atoms with van der Waals surface area (Å²) in [6.07, 6.45) is 5.37. The van der Waals surface area contributed by atoms with E-state index in [0.717, 1.165) is 23.2 Å². The summed E-state index contributed by atoms with van der Waals surface area (Å²) in [4.78, 5) is 0. The molecule has 1 aliphatic carbocycles. The zero-order valence-corrected chi connectivity index (χ0v) is 10.7. The van der Waals surface area contributed by atoms with Crippen LogP contribution in [0.5, 0.6) is 5.19 Å². The molecule has 16 heavy (non-hydrogen) atoms. The van der Waals surface area contributed by atoms with Gasteiger partial charge in [-0.2, -0.15) is 0 Å². The fraction of sp³-hybridized carbons (Fsp3) is 0.818. The first-order chi connectivity index (χ1) is 7.79. The lowest BCUT2D eigenvalue weighted by Crippen LogP contribution is -2.28. The van der Waals surface area contributed by atoms with Crippen LogP contribution < -0.4 is 10.1 Å². The molecule has 2 rings (SSSR count). The SMILES string of the molecule is CNCc1nnc(OC2CCCCC2C)s1. The Morgan fingerprint density at radius 1 is 1.38 bits per heavy atom. The van der Waals surface area contributed by atoms with Crippen LogP contribution in [0.15, 0.2) is 0 Å². The number of rotatable bonds is 4. The highest BCUT2D eigenvalue weighted by Gasteiger charge is 2.24. The number of ether oxygens (including phenoxy) is 1. The highest BCUT2D eigenvalue weighted by atomic mass is 32.1. The number of aromatic nitrogens is 2. The summed E-state index contributed by atoms with van der Waals surface area (Å²) < 4.78 is 5.91. The molecule has 0 aliphatic heterocycles. The molecule has 1 heterocycles. The second kappa shape index (κ2) is 5.59. The Balaban J connectivity index is 1.91. The minimum Gasteiger partial charge on any atom is -0.465 e. The molecule has 90 valence electrons. The van der Waals surface area contributed by atoms with Crippen LogP contribution in [0.3, 0.4) is 0 Å². The van der Waals surface area contributed by atoms with E-state index in [2.05, 4.69) is 22.4 Å². The average Bonchev–Trinajstić information content (AvgIpc) is 2.70. The van der Waals surface area contributed by atoms with Crippen LogP contribution in [0.2, 0.25) is 0 Å². The van der Waals surface area contributed by atoms with Crippen LogP contribution in [0.1, 0.15) is 37.6 Å². The van der Waals surface area contributed by atoms with E-state index in [1.165, 1.54) is 19.3 Å². The van der Waals surface area contributed by atoms with E-state index in [9.17, 15) is 0 Å². The molecule has 5 heteroatoms. The summed E-state index contributed by atoms with van der Waals surface area (Å²) in [7, 11) is 1.91. The van der Waals surface area contributed by atoms with E-state index in [4.69, 9.17) is 4.74 Å². The van der Waals surface area contributed by atoms with Gasteiger partial charge in [0, 0.05) is 6.54 Å². The molecule has 0 saturated heterocycles. The molecule has 0 spiro atoms. The van der Waals surface area contributed by atoms with Crippen molar-refractivity contribution >= 4 is 11.3 Å². The van der Waals surface area contributed by atoms with Gasteiger partial charge in [-0.15, -0.1) is 5.10 Å². The standard InChI is InChI=1S/C11H19N3OS/c1-8-5-3-4-6-9(8)15-11-14-13-10(16-11)7-12-2/h8-9,12H,3-7H2,1-2H3. The second-order valence-corrected chi connectivity index (χ2v) is 5.43. The molecule has 1 fully saturated rings. The highest BCUT2D eigenvalue weighted by molar-refractivity contribution is 7.13. The van der Waals surface area contributed by atoms with Crippen molar-refractivity contribution in [3.8, 4) is 5.19 Å². The fourth-order valence-electron chi connectivity index (χ4n) is 2.10. The summed E-state index contributed by atoms with van der Waals surface area (Å²) in [5.41, 5.74) is 0. The maximum absolute atomic E-state index is 5.91. The van der Waals surface area contributed by atoms with Crippen molar-refractivity contribution in [3.05, 3.63) is 5.01 Å². The Labute approximate surface area is 100 Å². The van der Waals surface area contributed by atoms with Crippen molar-refractivity contribution in [2.75, 3.05) is 7.05 Å². The van der Waals surface area contributed by atoms with E-state index < -0.39 is 0 Å². The summed E-state index contributed by atoms with van der Waals surface area (Å²) in [6, 6.07) is 0. The largest absolute Gasteiger partial charge is 0.465 e. The van der Waals surface area contributed by atoms with Crippen LogP contribution in [0.4, 0.5) is 0 Å². The third kappa shape index (κ3) is 2.92. The van der Waals surface area contributed by atoms with Crippen molar-refractivity contribution in [2.45, 2.75) is 45.3 Å². The number of hydrogen-bond acceptors (Lipinski definition) is 5. The topological polar surface area (TPSA) is 47.0 Å². The van der Waals surface area contributed by atoms with Crippen molar-refractivity contribution in [2.24, 2.45) is 5.92 Å². The van der Waals surface area contributed by atoms with Gasteiger partial charge in [0.05, 0.1) is 0 Å². The molecule has 4 nitrogen and oxygen atoms in total. The molecule has 2 unspecified atom stereocenters. The van der Waals surface area contributed by atoms with Gasteiger partial charge in [-0.1, -0.05) is 29.8 Å². The molecule has 0 radical (unpaired) electrons. The molecular weight excluding hydrogens is 222 g/mol. The maximum atomic E-state index is 5.91. The zero-order chi connectivity index (χ0) is 11.4. The monoisotopic (exact) mass is 241 g/mol. The quantitative estimate of drug-likeness (QED) is 0.878. The smallest absolute Gasteiger partial charge is 0.294 e. The van der Waals surface area contributed by atoms with E-state index in [1.807, 2.05) is 7.05 Å². The van der Waals surface area contributed by atoms with Crippen molar-refractivity contribution in [1.82, 2.24) is 15.5 Å². The predicted molar refractivity (Wildman–Crippen MR) is 64.7 cm³/mol. The zero-order valence-electron chi connectivity index (χ0n) is 9.90. The third-order valence-electron chi connectivity index (χ3n) is 3.06. The minimum atomic E-state index is 0.337. The van der Waals surface area contributed by atoms with Gasteiger partial charge in [-0.05, 0) is 32.2 Å². The van der Waals surface area contributed by atoms with Gasteiger partial charge in [0.2, 0.25) is 0 Å². The van der Waals surface area contributed by atoms with E-state index >= 15 is 0 Å². The Kier molecular flexibility index (Phi) is 4.12. The van der Waals surface area contributed by atoms with Gasteiger partial charge in [0.25, 0.3) is 5.19 Å². The van der Waals surface area contributed by atoms with Gasteiger partial charge in [0.15, 0.2) is 0 Å². The van der Waals surface area contributed by atoms with Crippen molar-refractivity contribution in [3.63, 3.8) is 0 Å². The summed E-state index contributed by atoms with van der Waals surface area (Å²) in [5, 5.41) is 12.9. The maximum Gasteiger partial charge on any atom is 0.294 e. The lowest BCUT2D eigenvalue weighted by molar-refractivity contribution is 0.101. The second-order valence-electron chi connectivity index (χ2n) is 4.41. The third-order valence-corrected chi connectivity index (χ3v) is 3.88. The first-order valence-electron chi connectivity index (χ1n) is 5.93. The van der Waals surface area contributed by atoms with Gasteiger partial charge in [-0.25, -0.2) is 0 Å². The normalized spacial score (nSPS) is 25.6. The van der Waals surface area contributed by atoms with E-state index in [-0.39, 0.29) is 0 Å². The average molecular weight is 241 g/mol. The van der Waals surface area contributed by atoms with E-state index in [0.29, 0.717) is 12.0 Å². The van der Waals surface area contributed by atoms with Crippen LogP contribution in [0, 0.1) is 5.92 Å². The number of nitrogens with one attached hydrogen (secondary N) is 1. The Bertz CT molecular complexity index is 329. The summed E-state index contributed by atoms with van der Waals surface area (Å²) in [5.74, 6) is 0.644. The molecule has 1 saturated carbocycles. The Morgan fingerprint density at radius 3 is 2.94 bits per heavy atom. The molecule has 1 aliphatic rings. The summed E-state index contributed by atoms with van der Waals surface area (Å²) in [6.45, 7) is 3.03. The lowest BCUT2D eigenvalue weighted by atomic mass is 9.88. The van der Waals surface area contributed by atoms with Gasteiger partial charge in [-0.3, -0.25) is 0 Å². The molecule has 0 amide bonds. The molecule has 1 aromatic heterocycles. The van der Waals surface area contributed by atoms with Crippen molar-refractivity contribution < 1.29 is 4.74 Å². The number of hydrogen-bond donors (Lipinski definition) is 1. The van der Waals surface area contributed by atoms with Crippen molar-refractivity contribution in [1.29, 1.82) is 0 Å². The van der Waals surface area contributed by atoms with Gasteiger partial charge < -0.3 is 10.1 Å². The molecular formula is C11H19N3OS. The lowest BCUT2D eigenvalue weighted by Gasteiger charge is -2.27. The van der Waals surface area contributed by atoms with Crippen LogP contribution in [-0.2, 0) is 6.54 Å². The fourth-order valence-corrected chi connectivity index (χ4v) is 2.85. The van der Waals surface area contributed by atoms with Crippen LogP contribution in [-0.4, -0.2) is 23.3 Å². The van der Waals surface area contributed by atoms with Gasteiger partial charge >= 0.3 is 0 Å². The minimum absolute atomic E-state index is 0.337. The van der Waals surface area contributed by atoms with Gasteiger partial charge in [0.1, 0.15) is 11.1 Å².